The summed E-state index contributed by atoms with van der Waals surface area (Å²) < 4.78 is 0. The fourth-order valence-electron chi connectivity index (χ4n) is 2.89. The van der Waals surface area contributed by atoms with E-state index < -0.39 is 0 Å². The highest BCUT2D eigenvalue weighted by molar-refractivity contribution is 5.23. The Balaban J connectivity index is 2.20. The first kappa shape index (κ1) is 18.7. The van der Waals surface area contributed by atoms with Crippen LogP contribution in [-0.4, -0.2) is 9.97 Å². The van der Waals surface area contributed by atoms with Crippen molar-refractivity contribution < 1.29 is 0 Å². The third-order valence-corrected chi connectivity index (χ3v) is 4.33. The van der Waals surface area contributed by atoms with Crippen LogP contribution in [0.5, 0.6) is 0 Å². The lowest BCUT2D eigenvalue weighted by atomic mass is 10.1. The second-order valence-electron chi connectivity index (χ2n) is 6.33. The lowest BCUT2D eigenvalue weighted by Crippen LogP contribution is -1.95. The van der Waals surface area contributed by atoms with Crippen molar-refractivity contribution in [1.29, 1.82) is 5.26 Å². The molecule has 1 unspecified atom stereocenters. The zero-order valence-electron chi connectivity index (χ0n) is 14.7. The molecule has 0 saturated carbocycles. The molecule has 3 nitrogen and oxygen atoms in total. The van der Waals surface area contributed by atoms with Crippen LogP contribution in [-0.2, 0) is 12.8 Å². The van der Waals surface area contributed by atoms with Gasteiger partial charge in [-0.05, 0) is 19.8 Å². The maximum absolute atomic E-state index is 9.06. The Labute approximate surface area is 136 Å². The van der Waals surface area contributed by atoms with E-state index >= 15 is 0 Å². The minimum Gasteiger partial charge on any atom is -0.346 e. The molecule has 0 aliphatic rings. The van der Waals surface area contributed by atoms with Crippen molar-refractivity contribution in [1.82, 2.24) is 9.97 Å². The molecule has 1 N–H and O–H groups in total. The monoisotopic (exact) mass is 303 g/mol. The molecular formula is C19H33N3. The van der Waals surface area contributed by atoms with Crippen molar-refractivity contribution in [2.45, 2.75) is 97.3 Å². The second-order valence-corrected chi connectivity index (χ2v) is 6.33. The van der Waals surface area contributed by atoms with E-state index in [0.717, 1.165) is 30.1 Å². The zero-order valence-corrected chi connectivity index (χ0v) is 14.7. The first-order valence-corrected chi connectivity index (χ1v) is 9.20. The van der Waals surface area contributed by atoms with E-state index in [2.05, 4.69) is 29.9 Å². The molecule has 0 saturated heterocycles. The molecular weight excluding hydrogens is 270 g/mol. The van der Waals surface area contributed by atoms with Crippen LogP contribution in [0.2, 0.25) is 0 Å². The van der Waals surface area contributed by atoms with Gasteiger partial charge in [0.05, 0.1) is 17.7 Å². The molecule has 22 heavy (non-hydrogen) atoms. The highest BCUT2D eigenvalue weighted by Crippen LogP contribution is 2.19. The van der Waals surface area contributed by atoms with Crippen molar-refractivity contribution in [3.63, 3.8) is 0 Å². The normalized spacial score (nSPS) is 12.3. The first-order valence-electron chi connectivity index (χ1n) is 9.20. The molecule has 1 atom stereocenters. The standard InChI is InChI=1S/C19H33N3/c1-4-6-7-8-9-10-11-12-13-14-18-21-17(5-2)19(22-18)16(3)15-20/h16H,4-14H2,1-3H3,(H,21,22). The zero-order chi connectivity index (χ0) is 16.2. The van der Waals surface area contributed by atoms with Crippen LogP contribution < -0.4 is 0 Å². The van der Waals surface area contributed by atoms with E-state index in [0.29, 0.717) is 0 Å². The second kappa shape index (κ2) is 11.3. The van der Waals surface area contributed by atoms with Crippen molar-refractivity contribution in [3.05, 3.63) is 17.2 Å². The lowest BCUT2D eigenvalue weighted by molar-refractivity contribution is 0.562. The van der Waals surface area contributed by atoms with E-state index in [1.807, 2.05) is 6.92 Å². The number of hydrogen-bond acceptors (Lipinski definition) is 2. The predicted molar refractivity (Wildman–Crippen MR) is 92.9 cm³/mol. The Kier molecular flexibility index (Phi) is 9.62. The number of H-pyrrole nitrogens is 1. The molecule has 0 aliphatic heterocycles. The van der Waals surface area contributed by atoms with Gasteiger partial charge in [0, 0.05) is 12.1 Å². The highest BCUT2D eigenvalue weighted by Gasteiger charge is 2.14. The molecule has 1 heterocycles. The van der Waals surface area contributed by atoms with Crippen molar-refractivity contribution >= 4 is 0 Å². The number of rotatable bonds is 12. The molecule has 1 aromatic rings. The maximum Gasteiger partial charge on any atom is 0.106 e. The molecule has 0 bridgehead atoms. The number of imidazole rings is 1. The fourth-order valence-corrected chi connectivity index (χ4v) is 2.89. The number of aromatic nitrogens is 2. The molecule has 0 aliphatic carbocycles. The van der Waals surface area contributed by atoms with Gasteiger partial charge in [0.25, 0.3) is 0 Å². The molecule has 3 heteroatoms. The fraction of sp³-hybridized carbons (Fsp3) is 0.789. The number of aromatic amines is 1. The average Bonchev–Trinajstić information content (AvgIpc) is 2.95. The molecule has 1 aromatic heterocycles. The van der Waals surface area contributed by atoms with Crippen LogP contribution in [0.15, 0.2) is 0 Å². The van der Waals surface area contributed by atoms with Gasteiger partial charge in [-0.15, -0.1) is 0 Å². The molecule has 0 aromatic carbocycles. The number of aryl methyl sites for hydroxylation is 2. The Morgan fingerprint density at radius 2 is 1.59 bits per heavy atom. The summed E-state index contributed by atoms with van der Waals surface area (Å²) in [5.41, 5.74) is 2.09. The molecule has 1 rings (SSSR count). The van der Waals surface area contributed by atoms with Crippen LogP contribution in [0.3, 0.4) is 0 Å². The quantitative estimate of drug-likeness (QED) is 0.505. The van der Waals surface area contributed by atoms with Crippen LogP contribution in [0.4, 0.5) is 0 Å². The largest absolute Gasteiger partial charge is 0.346 e. The number of nitrogens with one attached hydrogen (secondary N) is 1. The average molecular weight is 303 g/mol. The van der Waals surface area contributed by atoms with E-state index in [1.54, 1.807) is 0 Å². The van der Waals surface area contributed by atoms with Gasteiger partial charge < -0.3 is 4.98 Å². The summed E-state index contributed by atoms with van der Waals surface area (Å²) in [6, 6.07) is 2.29. The van der Waals surface area contributed by atoms with Crippen LogP contribution in [0, 0.1) is 11.3 Å². The van der Waals surface area contributed by atoms with Crippen molar-refractivity contribution in [2.75, 3.05) is 0 Å². The molecule has 0 amide bonds. The van der Waals surface area contributed by atoms with Gasteiger partial charge in [-0.1, -0.05) is 65.2 Å². The smallest absolute Gasteiger partial charge is 0.106 e. The van der Waals surface area contributed by atoms with E-state index in [1.165, 1.54) is 57.8 Å². The molecule has 0 radical (unpaired) electrons. The van der Waals surface area contributed by atoms with Crippen molar-refractivity contribution in [3.8, 4) is 6.07 Å². The molecule has 0 spiro atoms. The van der Waals surface area contributed by atoms with Gasteiger partial charge in [0.2, 0.25) is 0 Å². The van der Waals surface area contributed by atoms with E-state index in [4.69, 9.17) is 5.26 Å². The van der Waals surface area contributed by atoms with Gasteiger partial charge >= 0.3 is 0 Å². The summed E-state index contributed by atoms with van der Waals surface area (Å²) in [7, 11) is 0. The minimum absolute atomic E-state index is 0.108. The van der Waals surface area contributed by atoms with Gasteiger partial charge in [0.1, 0.15) is 5.82 Å². The predicted octanol–water partition coefficient (Wildman–Crippen LogP) is 5.67. The number of nitriles is 1. The Hall–Kier alpha value is -1.30. The Morgan fingerprint density at radius 1 is 1.00 bits per heavy atom. The van der Waals surface area contributed by atoms with Crippen LogP contribution in [0.25, 0.3) is 0 Å². The first-order chi connectivity index (χ1) is 10.7. The molecule has 124 valence electrons. The topological polar surface area (TPSA) is 52.5 Å². The van der Waals surface area contributed by atoms with Gasteiger partial charge in [-0.2, -0.15) is 5.26 Å². The van der Waals surface area contributed by atoms with Gasteiger partial charge in [-0.3, -0.25) is 0 Å². The van der Waals surface area contributed by atoms with Crippen LogP contribution >= 0.6 is 0 Å². The third-order valence-electron chi connectivity index (χ3n) is 4.33. The van der Waals surface area contributed by atoms with Crippen LogP contribution in [0.1, 0.15) is 102 Å². The summed E-state index contributed by atoms with van der Waals surface area (Å²) in [6.07, 6.45) is 14.1. The van der Waals surface area contributed by atoms with Crippen molar-refractivity contribution in [2.24, 2.45) is 0 Å². The Morgan fingerprint density at radius 3 is 2.14 bits per heavy atom. The number of hydrogen-bond donors (Lipinski definition) is 1. The van der Waals surface area contributed by atoms with E-state index in [-0.39, 0.29) is 5.92 Å². The van der Waals surface area contributed by atoms with E-state index in [9.17, 15) is 0 Å². The number of unbranched alkanes of at least 4 members (excludes halogenated alkanes) is 8. The summed E-state index contributed by atoms with van der Waals surface area (Å²) in [6.45, 7) is 6.31. The number of nitrogens with zero attached hydrogens (tertiary/aromatic N) is 2. The summed E-state index contributed by atoms with van der Waals surface area (Å²) in [4.78, 5) is 8.05. The highest BCUT2D eigenvalue weighted by atomic mass is 14.9. The summed E-state index contributed by atoms with van der Waals surface area (Å²) in [5.74, 6) is 0.958. The summed E-state index contributed by atoms with van der Waals surface area (Å²) >= 11 is 0. The lowest BCUT2D eigenvalue weighted by Gasteiger charge is -2.01. The summed E-state index contributed by atoms with van der Waals surface area (Å²) in [5, 5.41) is 9.06. The maximum atomic E-state index is 9.06. The molecule has 0 fully saturated rings. The van der Waals surface area contributed by atoms with Gasteiger partial charge in [-0.25, -0.2) is 4.98 Å². The SMILES string of the molecule is CCCCCCCCCCCc1nc(C(C)C#N)c(CC)[nH]1. The Bertz CT molecular complexity index is 442. The minimum atomic E-state index is -0.108. The van der Waals surface area contributed by atoms with Gasteiger partial charge in [0.15, 0.2) is 0 Å². The third kappa shape index (κ3) is 6.64.